The van der Waals surface area contributed by atoms with Gasteiger partial charge in [0.1, 0.15) is 0 Å². The van der Waals surface area contributed by atoms with Crippen LogP contribution >= 0.6 is 11.8 Å². The van der Waals surface area contributed by atoms with Gasteiger partial charge in [0.15, 0.2) is 0 Å². The molecule has 0 amide bonds. The van der Waals surface area contributed by atoms with Crippen LogP contribution in [0.2, 0.25) is 0 Å². The Morgan fingerprint density at radius 2 is 2.16 bits per heavy atom. The van der Waals surface area contributed by atoms with Crippen LogP contribution in [0.3, 0.4) is 0 Å². The Bertz CT molecular complexity index is 450. The van der Waals surface area contributed by atoms with Crippen LogP contribution in [0.5, 0.6) is 0 Å². The Morgan fingerprint density at radius 3 is 2.89 bits per heavy atom. The minimum Gasteiger partial charge on any atom is -0.388 e. The molecule has 1 atom stereocenters. The van der Waals surface area contributed by atoms with Crippen molar-refractivity contribution in [3.63, 3.8) is 0 Å². The lowest BCUT2D eigenvalue weighted by atomic mass is 9.91. The van der Waals surface area contributed by atoms with Crippen molar-refractivity contribution >= 4 is 11.8 Å². The zero-order chi connectivity index (χ0) is 15.3. The van der Waals surface area contributed by atoms with E-state index in [-0.39, 0.29) is 5.92 Å². The van der Waals surface area contributed by atoms with E-state index in [1.165, 1.54) is 18.2 Å². The van der Waals surface area contributed by atoms with E-state index in [0.717, 1.165) is 36.1 Å². The zero-order valence-corrected chi connectivity index (χ0v) is 12.2. The Morgan fingerprint density at radius 1 is 1.37 bits per heavy atom. The van der Waals surface area contributed by atoms with Crippen LogP contribution in [0.1, 0.15) is 52.9 Å². The lowest BCUT2D eigenvalue weighted by molar-refractivity contribution is 0.170. The summed E-state index contributed by atoms with van der Waals surface area (Å²) in [7, 11) is 0. The number of aliphatic hydroxyl groups excluding tert-OH is 1. The van der Waals surface area contributed by atoms with Crippen molar-refractivity contribution < 1.29 is 7.85 Å². The van der Waals surface area contributed by atoms with Gasteiger partial charge in [-0.25, -0.2) is 0 Å². The van der Waals surface area contributed by atoms with E-state index in [4.69, 9.17) is 8.48 Å². The first-order chi connectivity index (χ1) is 10.0. The quantitative estimate of drug-likeness (QED) is 0.781. The fourth-order valence-electron chi connectivity index (χ4n) is 2.48. The molecule has 1 aliphatic rings. The highest BCUT2D eigenvalue weighted by Crippen LogP contribution is 2.31. The second-order valence-electron chi connectivity index (χ2n) is 5.22. The molecule has 19 heavy (non-hydrogen) atoms. The molecule has 0 heterocycles. The first kappa shape index (κ1) is 12.2. The van der Waals surface area contributed by atoms with Crippen LogP contribution in [0, 0.1) is 5.92 Å². The van der Waals surface area contributed by atoms with Gasteiger partial charge in [-0.05, 0) is 49.4 Å². The zero-order valence-electron chi connectivity index (χ0n) is 13.3. The number of aliphatic hydroxyl groups is 1. The van der Waals surface area contributed by atoms with E-state index in [1.807, 2.05) is 24.3 Å². The Hall–Kier alpha value is -0.510. The van der Waals surface area contributed by atoms with Gasteiger partial charge in [0, 0.05) is 13.3 Å². The van der Waals surface area contributed by atoms with E-state index in [0.29, 0.717) is 13.0 Å². The molecular weight excluding hydrogens is 254 g/mol. The average molecular weight is 281 g/mol. The molecular formula is C16H25NOS. The van der Waals surface area contributed by atoms with Crippen LogP contribution in [-0.2, 0) is 0 Å². The maximum atomic E-state index is 10.0. The molecule has 0 aromatic heterocycles. The third kappa shape index (κ3) is 4.83. The first-order valence-electron chi connectivity index (χ1n) is 8.20. The number of hydrogen-bond acceptors (Lipinski definition) is 3. The van der Waals surface area contributed by atoms with Gasteiger partial charge in [-0.3, -0.25) is 0 Å². The molecule has 1 saturated carbocycles. The summed E-state index contributed by atoms with van der Waals surface area (Å²) >= 11 is 1.29. The molecule has 0 aliphatic heterocycles. The molecule has 0 spiro atoms. The van der Waals surface area contributed by atoms with Gasteiger partial charge >= 0.3 is 0 Å². The topological polar surface area (TPSA) is 46.2 Å². The summed E-state index contributed by atoms with van der Waals surface area (Å²) in [4.78, 5) is 0.888. The van der Waals surface area contributed by atoms with Crippen molar-refractivity contribution in [2.75, 3.05) is 12.2 Å². The van der Waals surface area contributed by atoms with Crippen molar-refractivity contribution in [1.29, 1.82) is 0 Å². The minimum absolute atomic E-state index is 0.133. The number of nitrogens with two attached hydrogens (primary N) is 1. The summed E-state index contributed by atoms with van der Waals surface area (Å²) in [5.74, 6) is 0.133. The van der Waals surface area contributed by atoms with Crippen molar-refractivity contribution in [3.8, 4) is 0 Å². The molecule has 0 radical (unpaired) electrons. The standard InChI is InChI=1S/C16H25NOS/c17-10-9-16(18)14-7-4-8-15(11-14)19-12-13-5-2-1-3-6-13/h4,7-8,11,13,16,18H,1-3,5-6,9-10,12,17H2/i12D2. The van der Waals surface area contributed by atoms with Gasteiger partial charge in [-0.1, -0.05) is 31.4 Å². The van der Waals surface area contributed by atoms with Gasteiger partial charge in [-0.15, -0.1) is 11.8 Å². The summed E-state index contributed by atoms with van der Waals surface area (Å²) in [6, 6.07) is 7.57. The molecule has 0 bridgehead atoms. The molecule has 1 aromatic rings. The molecule has 1 unspecified atom stereocenters. The highest BCUT2D eigenvalue weighted by atomic mass is 32.2. The van der Waals surface area contributed by atoms with Gasteiger partial charge in [0.25, 0.3) is 0 Å². The van der Waals surface area contributed by atoms with Gasteiger partial charge < -0.3 is 10.8 Å². The molecule has 106 valence electrons. The van der Waals surface area contributed by atoms with E-state index < -0.39 is 11.8 Å². The van der Waals surface area contributed by atoms with E-state index >= 15 is 0 Å². The fraction of sp³-hybridized carbons (Fsp3) is 0.625. The Labute approximate surface area is 123 Å². The maximum Gasteiger partial charge on any atom is 0.0802 e. The summed E-state index contributed by atoms with van der Waals surface area (Å²) < 4.78 is 16.7. The van der Waals surface area contributed by atoms with Crippen LogP contribution in [0.25, 0.3) is 0 Å². The second-order valence-corrected chi connectivity index (χ2v) is 6.13. The number of benzene rings is 1. The summed E-state index contributed by atoms with van der Waals surface area (Å²) in [6.45, 7) is 0.446. The van der Waals surface area contributed by atoms with Crippen LogP contribution in [0.15, 0.2) is 29.2 Å². The van der Waals surface area contributed by atoms with Gasteiger partial charge in [0.05, 0.1) is 6.10 Å². The predicted octanol–water partition coefficient (Wildman–Crippen LogP) is 3.74. The molecule has 1 aliphatic carbocycles. The monoisotopic (exact) mass is 281 g/mol. The fourth-order valence-corrected chi connectivity index (χ4v) is 3.36. The van der Waals surface area contributed by atoms with E-state index in [9.17, 15) is 5.11 Å². The molecule has 3 N–H and O–H groups in total. The van der Waals surface area contributed by atoms with E-state index in [1.54, 1.807) is 0 Å². The number of hydrogen-bond donors (Lipinski definition) is 2. The molecule has 2 nitrogen and oxygen atoms in total. The largest absolute Gasteiger partial charge is 0.388 e. The predicted molar refractivity (Wildman–Crippen MR) is 82.4 cm³/mol. The molecule has 1 aromatic carbocycles. The number of rotatable bonds is 6. The lowest BCUT2D eigenvalue weighted by Gasteiger charge is -2.21. The van der Waals surface area contributed by atoms with Gasteiger partial charge in [-0.2, -0.15) is 0 Å². The van der Waals surface area contributed by atoms with Crippen molar-refractivity contribution in [2.24, 2.45) is 11.7 Å². The SMILES string of the molecule is [2H]C([2H])(Sc1cccc(C(O)CCN)c1)C1CCCCC1. The van der Waals surface area contributed by atoms with Crippen LogP contribution < -0.4 is 5.73 Å². The highest BCUT2D eigenvalue weighted by molar-refractivity contribution is 7.99. The van der Waals surface area contributed by atoms with E-state index in [2.05, 4.69) is 0 Å². The van der Waals surface area contributed by atoms with Crippen LogP contribution in [0.4, 0.5) is 0 Å². The maximum absolute atomic E-state index is 10.0. The third-order valence-electron chi connectivity index (χ3n) is 3.63. The molecule has 2 rings (SSSR count). The van der Waals surface area contributed by atoms with Crippen LogP contribution in [-0.4, -0.2) is 17.4 Å². The minimum atomic E-state index is -1.24. The normalized spacial score (nSPS) is 20.7. The smallest absolute Gasteiger partial charge is 0.0802 e. The molecule has 1 fully saturated rings. The second kappa shape index (κ2) is 7.93. The summed E-state index contributed by atoms with van der Waals surface area (Å²) in [6.07, 6.45) is 5.45. The highest BCUT2D eigenvalue weighted by Gasteiger charge is 2.14. The van der Waals surface area contributed by atoms with Crippen molar-refractivity contribution in [3.05, 3.63) is 29.8 Å². The Balaban J connectivity index is 2.05. The lowest BCUT2D eigenvalue weighted by Crippen LogP contribution is -2.08. The summed E-state index contributed by atoms with van der Waals surface area (Å²) in [5, 5.41) is 10.0. The molecule has 0 saturated heterocycles. The third-order valence-corrected chi connectivity index (χ3v) is 4.57. The molecule has 3 heteroatoms. The van der Waals surface area contributed by atoms with Crippen molar-refractivity contribution in [1.82, 2.24) is 0 Å². The van der Waals surface area contributed by atoms with Crippen molar-refractivity contribution in [2.45, 2.75) is 49.5 Å². The number of thioether (sulfide) groups is 1. The Kier molecular flexibility index (Phi) is 5.11. The van der Waals surface area contributed by atoms with Gasteiger partial charge in [0.2, 0.25) is 0 Å². The average Bonchev–Trinajstić information content (AvgIpc) is 2.48. The summed E-state index contributed by atoms with van der Waals surface area (Å²) in [5.41, 5.74) is 5.06. The first-order valence-corrected chi connectivity index (χ1v) is 8.01.